The molecule has 3 amide bonds. The zero-order valence-electron chi connectivity index (χ0n) is 79.5. The number of halogens is 9. The maximum Gasteiger partial charge on any atom is 1.00 e. The predicted molar refractivity (Wildman–Crippen MR) is 533 cm³/mol. The summed E-state index contributed by atoms with van der Waals surface area (Å²) in [6.07, 6.45) is -2.73. The Morgan fingerprint density at radius 1 is 0.343 bits per heavy atom. The van der Waals surface area contributed by atoms with Crippen molar-refractivity contribution in [3.8, 4) is 0 Å². The molecule has 0 aliphatic heterocycles. The van der Waals surface area contributed by atoms with E-state index in [9.17, 15) is 62.6 Å². The van der Waals surface area contributed by atoms with Crippen LogP contribution in [0.3, 0.4) is 0 Å². The molecule has 0 unspecified atom stereocenters. The van der Waals surface area contributed by atoms with Crippen molar-refractivity contribution in [2.75, 3.05) is 87.8 Å². The number of nitrogens with two attached hydrogens (primary N) is 1. The number of amides is 3. The van der Waals surface area contributed by atoms with Crippen molar-refractivity contribution in [3.05, 3.63) is 232 Å². The number of anilines is 8. The van der Waals surface area contributed by atoms with E-state index in [1.807, 2.05) is 29.6 Å². The Morgan fingerprint density at radius 3 is 0.836 bits per heavy atom. The number of esters is 7. The molecule has 35 nitrogen and oxygen atoms in total. The van der Waals surface area contributed by atoms with Crippen molar-refractivity contribution in [3.63, 3.8) is 0 Å². The van der Waals surface area contributed by atoms with E-state index in [1.54, 1.807) is 243 Å². The number of carboxylic acids is 2. The number of alkyl carbamates (subject to hydrolysis) is 3. The summed E-state index contributed by atoms with van der Waals surface area (Å²) in [7, 11) is 1.60. The van der Waals surface area contributed by atoms with Crippen LogP contribution in [-0.2, 0) is 116 Å². The summed E-state index contributed by atoms with van der Waals surface area (Å²) < 4.78 is 49.8. The third-order valence-electron chi connectivity index (χ3n) is 16.9. The number of hydrogen-bond acceptors (Lipinski definition) is 31. The number of para-hydroxylation sites is 8. The van der Waals surface area contributed by atoms with E-state index in [4.69, 9.17) is 156 Å². The molecule has 8 rings (SSSR count). The van der Waals surface area contributed by atoms with E-state index in [0.717, 1.165) is 0 Å². The van der Waals surface area contributed by atoms with Crippen LogP contribution in [0.2, 0.25) is 40.2 Å². The molecule has 13 N–H and O–H groups in total. The van der Waals surface area contributed by atoms with Gasteiger partial charge in [0, 0.05) is 35.1 Å². The molecular formula is C95H115Cl9N9NaO26. The van der Waals surface area contributed by atoms with E-state index >= 15 is 0 Å². The van der Waals surface area contributed by atoms with E-state index < -0.39 is 139 Å². The molecule has 0 aromatic heterocycles. The number of benzene rings is 8. The van der Waals surface area contributed by atoms with Crippen molar-refractivity contribution in [2.24, 2.45) is 5.73 Å². The predicted octanol–water partition coefficient (Wildman–Crippen LogP) is 13.8. The average molecular weight is 2140 g/mol. The van der Waals surface area contributed by atoms with Crippen LogP contribution in [0.15, 0.2) is 170 Å². The number of hydrogen-bond donors (Lipinski definition) is 12. The quantitative estimate of drug-likeness (QED) is 0.00977. The standard InChI is InChI=1S/C24H28Cl2N2O6.C20H22Cl2N2O4.C19H20Cl2N2O4.C14H11Cl2NO2.C10H19NO5.C8H15NO5.ClH.Na/c1-5-32-22(30)19(28-23(31)34-24(2,3)4)14-33-20(29)13-15-9-6-7-12-18(15)27-21-16(25)10-8-11-17(21)26;1-3-27-20(26)17(23-2)12-28-18(25)11-13-7-4-5-10-16(13)24-19-14(21)8-6-9-15(19)22;1-2-26-19(25)15(22)11-27-17(24)10-12-6-3-4-9-16(12)23-18-13(20)7-5-8-14(18)21;15-10-5-3-6-11(16)14(10)17-12-7-2-1-4-9(12)8-13(18)19;1-5-15-8(13)7(6-12)11-9(14)16-10(2,3)4;1-8(2,3)14-7(13)9-5(4-10)6(11)12;;/h6-12,19,27H,5,13-14H2,1-4H3,(H,28,31);4-10,17,23-24H,3,11-12H2,1-2H3;3-9,15,23H,2,10-11,22H2,1H3;1-7,17H,8H2,(H,18,19);7,12H,5-6H2,1-4H3,(H,11,14);5,10H,4H2,1-3H3,(H,9,13)(H,11,12);1H;/q;;;;;;;+1/p-1/t19-;17-;15-;;7-;5-;;/m000.00../s1. The van der Waals surface area contributed by atoms with Crippen LogP contribution in [0.25, 0.3) is 0 Å². The Balaban J connectivity index is 0.000000858. The minimum Gasteiger partial charge on any atom is -0.550 e. The molecule has 0 aliphatic carbocycles. The molecule has 0 bridgehead atoms. The molecule has 0 spiro atoms. The van der Waals surface area contributed by atoms with Crippen LogP contribution in [0.4, 0.5) is 59.9 Å². The molecular weight excluding hydrogens is 2030 g/mol. The number of carboxylic acid groups (broad SMARTS) is 2. The van der Waals surface area contributed by atoms with E-state index in [1.165, 1.54) is 0 Å². The second kappa shape index (κ2) is 66.3. The normalized spacial score (nSPS) is 11.6. The summed E-state index contributed by atoms with van der Waals surface area (Å²) in [6, 6.07) is 43.9. The molecule has 8 aromatic rings. The first-order valence-corrected chi connectivity index (χ1v) is 45.4. The topological polar surface area (TPSA) is 503 Å². The van der Waals surface area contributed by atoms with Crippen LogP contribution < -0.4 is 82.9 Å². The molecule has 0 heterocycles. The van der Waals surface area contributed by atoms with Crippen molar-refractivity contribution in [1.29, 1.82) is 0 Å². The van der Waals surface area contributed by atoms with Gasteiger partial charge in [-0.3, -0.25) is 24.0 Å². The van der Waals surface area contributed by atoms with Gasteiger partial charge >= 0.3 is 95.6 Å². The summed E-state index contributed by atoms with van der Waals surface area (Å²) in [6.45, 7) is 20.6. The summed E-state index contributed by atoms with van der Waals surface area (Å²) in [4.78, 5) is 139. The monoisotopic (exact) mass is 2140 g/mol. The van der Waals surface area contributed by atoms with E-state index in [2.05, 4.69) is 42.0 Å². The number of likely N-dealkylation sites (N-methyl/N-ethyl adjacent to an activating group) is 1. The molecule has 5 atom stereocenters. The smallest absolute Gasteiger partial charge is 0.550 e. The Labute approximate surface area is 880 Å². The molecule has 140 heavy (non-hydrogen) atoms. The van der Waals surface area contributed by atoms with Gasteiger partial charge in [0.05, 0.1) is 122 Å². The fourth-order valence-corrected chi connectivity index (χ4v) is 12.7. The van der Waals surface area contributed by atoms with Gasteiger partial charge in [-0.15, -0.1) is 12.4 Å². The number of aliphatic hydroxyl groups excluding tert-OH is 2. The van der Waals surface area contributed by atoms with Gasteiger partial charge < -0.3 is 121 Å². The van der Waals surface area contributed by atoms with Gasteiger partial charge in [-0.05, 0) is 192 Å². The first-order chi connectivity index (χ1) is 65.0. The number of carbonyl (C=O) groups is 12. The van der Waals surface area contributed by atoms with Crippen molar-refractivity contribution < 1.29 is 155 Å². The van der Waals surface area contributed by atoms with E-state index in [-0.39, 0.29) is 107 Å². The Morgan fingerprint density at radius 2 is 0.579 bits per heavy atom. The fourth-order valence-electron chi connectivity index (χ4n) is 10.7. The van der Waals surface area contributed by atoms with Gasteiger partial charge in [-0.25, -0.2) is 28.8 Å². The van der Waals surface area contributed by atoms with Gasteiger partial charge in [0.1, 0.15) is 48.7 Å². The maximum absolute atomic E-state index is 12.6. The molecule has 0 saturated heterocycles. The maximum atomic E-state index is 12.6. The second-order valence-corrected chi connectivity index (χ2v) is 34.7. The van der Waals surface area contributed by atoms with Gasteiger partial charge in [-0.1, -0.05) is 190 Å². The Bertz CT molecular complexity index is 5270. The largest absolute Gasteiger partial charge is 1.00 e. The number of ether oxygens (including phenoxy) is 10. The zero-order chi connectivity index (χ0) is 104. The number of nitrogens with one attached hydrogen (secondary N) is 8. The third-order valence-corrected chi connectivity index (χ3v) is 19.5. The number of rotatable bonds is 37. The fraction of sp³-hybridized carbons (Fsp3) is 0.368. The Kier molecular flexibility index (Phi) is 60.3. The number of aliphatic carboxylic acids is 2. The van der Waals surface area contributed by atoms with Crippen molar-refractivity contribution in [2.45, 2.75) is 163 Å². The van der Waals surface area contributed by atoms with Crippen LogP contribution in [-0.4, -0.2) is 201 Å². The number of aliphatic hydroxyl groups is 2. The average Bonchev–Trinajstić information content (AvgIpc) is 0.841. The number of carbonyl (C=O) groups excluding carboxylic acids is 11. The third kappa shape index (κ3) is 50.2. The van der Waals surface area contributed by atoms with E-state index in [0.29, 0.717) is 108 Å². The molecule has 45 heteroatoms. The minimum atomic E-state index is -1.33. The summed E-state index contributed by atoms with van der Waals surface area (Å²) in [5, 5.41) is 62.2. The molecule has 760 valence electrons. The first-order valence-electron chi connectivity index (χ1n) is 42.4. The molecule has 8 aromatic carbocycles. The SMILES string of the molecule is CC(C)(C)OC(=O)N[C@@H](CO)C(=O)O.CCOC(=O)[C@@H](N)COC(=O)Cc1ccccc1Nc1c(Cl)cccc1Cl.CCOC(=O)[C@H](CO)NC(=O)OC(C)(C)C.CCOC(=O)[C@H](COC(=O)Cc1ccccc1Nc1c(Cl)cccc1Cl)NC.CCOC(=O)[C@H](COC(=O)Cc1ccccc1Nc1c(Cl)cccc1Cl)NC(=O)OC(C)(C)C.Cl.O=C([O-])Cc1ccccc1Nc1c(Cl)cccc1Cl.[Na+]. The van der Waals surface area contributed by atoms with Gasteiger partial charge in [0.15, 0.2) is 18.1 Å². The van der Waals surface area contributed by atoms with Crippen LogP contribution in [0.5, 0.6) is 0 Å². The molecule has 0 aliphatic rings. The van der Waals surface area contributed by atoms with Crippen molar-refractivity contribution in [1.82, 2.24) is 21.3 Å². The second-order valence-electron chi connectivity index (χ2n) is 31.4. The van der Waals surface area contributed by atoms with Gasteiger partial charge in [0.2, 0.25) is 0 Å². The Hall–Kier alpha value is -10.6. The summed E-state index contributed by atoms with van der Waals surface area (Å²) in [5.74, 6) is -6.54. The first kappa shape index (κ1) is 127. The summed E-state index contributed by atoms with van der Waals surface area (Å²) >= 11 is 49.4. The van der Waals surface area contributed by atoms with Gasteiger partial charge in [-0.2, -0.15) is 0 Å². The minimum absolute atomic E-state index is 0. The van der Waals surface area contributed by atoms with Gasteiger partial charge in [0.25, 0.3) is 0 Å². The zero-order valence-corrected chi connectivity index (χ0v) is 88.3. The van der Waals surface area contributed by atoms with Crippen molar-refractivity contribution >= 4 is 223 Å². The molecule has 0 radical (unpaired) electrons. The van der Waals surface area contributed by atoms with Crippen LogP contribution in [0, 0.1) is 0 Å². The van der Waals surface area contributed by atoms with Crippen LogP contribution >= 0.6 is 105 Å². The molecule has 0 fully saturated rings. The summed E-state index contributed by atoms with van der Waals surface area (Å²) in [5.41, 5.74) is 10.9. The molecule has 0 saturated carbocycles. The van der Waals surface area contributed by atoms with Crippen LogP contribution in [0.1, 0.15) is 112 Å².